The van der Waals surface area contributed by atoms with Crippen LogP contribution in [0.1, 0.15) is 40.1 Å². The van der Waals surface area contributed by atoms with Gasteiger partial charge in [0.1, 0.15) is 10.8 Å². The van der Waals surface area contributed by atoms with E-state index >= 15 is 0 Å². The molecule has 0 atom stereocenters. The van der Waals surface area contributed by atoms with E-state index in [1.165, 1.54) is 18.4 Å². The molecule has 8 heteroatoms. The van der Waals surface area contributed by atoms with Crippen molar-refractivity contribution in [2.45, 2.75) is 32.1 Å². The topological polar surface area (TPSA) is 64.6 Å². The van der Waals surface area contributed by atoms with Crippen LogP contribution in [0.15, 0.2) is 18.2 Å². The van der Waals surface area contributed by atoms with Crippen molar-refractivity contribution in [2.24, 2.45) is 0 Å². The van der Waals surface area contributed by atoms with Gasteiger partial charge in [0, 0.05) is 9.90 Å². The zero-order chi connectivity index (χ0) is 19.4. The maximum Gasteiger partial charge on any atom is 0.341 e. The molecular weight excluding hydrogens is 409 g/mol. The van der Waals surface area contributed by atoms with Gasteiger partial charge in [0.2, 0.25) is 0 Å². The van der Waals surface area contributed by atoms with Gasteiger partial charge in [-0.2, -0.15) is 0 Å². The van der Waals surface area contributed by atoms with E-state index in [9.17, 15) is 9.59 Å². The molecule has 0 unspecified atom stereocenters. The van der Waals surface area contributed by atoms with Crippen LogP contribution in [0.5, 0.6) is 5.75 Å². The normalized spacial score (nSPS) is 13.4. The molecular formula is C19H19Cl2NO4S. The molecule has 1 aliphatic rings. The number of halogens is 2. The van der Waals surface area contributed by atoms with Crippen molar-refractivity contribution < 1.29 is 19.1 Å². The highest BCUT2D eigenvalue weighted by Crippen LogP contribution is 2.38. The molecule has 1 aromatic carbocycles. The van der Waals surface area contributed by atoms with Crippen molar-refractivity contribution in [1.29, 1.82) is 0 Å². The minimum absolute atomic E-state index is 0.232. The number of nitrogens with one attached hydrogen (secondary N) is 1. The number of amides is 1. The van der Waals surface area contributed by atoms with E-state index in [0.29, 0.717) is 26.4 Å². The van der Waals surface area contributed by atoms with Gasteiger partial charge in [-0.15, -0.1) is 11.3 Å². The second kappa shape index (κ2) is 8.95. The molecule has 2 aromatic rings. The molecule has 0 fully saturated rings. The molecule has 0 saturated heterocycles. The van der Waals surface area contributed by atoms with Crippen molar-refractivity contribution in [2.75, 3.05) is 19.0 Å². The standard InChI is InChI=1S/C19H19Cl2NO4S/c1-25-19(24)17-12-5-3-2-4-6-15(12)27-18(17)22-16(23)10-26-14-8-7-11(20)9-13(14)21/h7-9H,2-6,10H2,1H3,(H,22,23). The van der Waals surface area contributed by atoms with Crippen LogP contribution < -0.4 is 10.1 Å². The SMILES string of the molecule is COC(=O)c1c(NC(=O)COc2ccc(Cl)cc2Cl)sc2c1CCCCC2. The van der Waals surface area contributed by atoms with E-state index in [4.69, 9.17) is 32.7 Å². The number of carbonyl (C=O) groups excluding carboxylic acids is 2. The van der Waals surface area contributed by atoms with E-state index in [0.717, 1.165) is 42.5 Å². The van der Waals surface area contributed by atoms with Crippen molar-refractivity contribution >= 4 is 51.4 Å². The summed E-state index contributed by atoms with van der Waals surface area (Å²) in [5, 5.41) is 4.12. The number of methoxy groups -OCH3 is 1. The monoisotopic (exact) mass is 427 g/mol. The molecule has 0 spiro atoms. The number of ether oxygens (including phenoxy) is 2. The fourth-order valence-electron chi connectivity index (χ4n) is 3.05. The third-order valence-corrected chi connectivity index (χ3v) is 6.05. The summed E-state index contributed by atoms with van der Waals surface area (Å²) in [6.45, 7) is -0.232. The zero-order valence-corrected chi connectivity index (χ0v) is 17.1. The minimum Gasteiger partial charge on any atom is -0.482 e. The van der Waals surface area contributed by atoms with Gasteiger partial charge in [0.05, 0.1) is 17.7 Å². The number of esters is 1. The Bertz CT molecular complexity index is 866. The third-order valence-electron chi connectivity index (χ3n) is 4.32. The molecule has 3 rings (SSSR count). The fraction of sp³-hybridized carbons (Fsp3) is 0.368. The first-order valence-electron chi connectivity index (χ1n) is 8.60. The predicted octanol–water partition coefficient (Wildman–Crippen LogP) is 5.13. The van der Waals surface area contributed by atoms with Crippen LogP contribution in [0.2, 0.25) is 10.0 Å². The quantitative estimate of drug-likeness (QED) is 0.530. The van der Waals surface area contributed by atoms with E-state index in [-0.39, 0.29) is 12.5 Å². The van der Waals surface area contributed by atoms with Crippen molar-refractivity contribution in [3.63, 3.8) is 0 Å². The van der Waals surface area contributed by atoms with Crippen LogP contribution in [-0.4, -0.2) is 25.6 Å². The lowest BCUT2D eigenvalue weighted by Crippen LogP contribution is -2.21. The number of fused-ring (bicyclic) bond motifs is 1. The second-order valence-electron chi connectivity index (χ2n) is 6.17. The van der Waals surface area contributed by atoms with Crippen LogP contribution in [0, 0.1) is 0 Å². The van der Waals surface area contributed by atoms with Gasteiger partial charge in [-0.05, 0) is 49.4 Å². The average Bonchev–Trinajstić information content (AvgIpc) is 2.81. The number of hydrogen-bond donors (Lipinski definition) is 1. The number of hydrogen-bond acceptors (Lipinski definition) is 5. The molecule has 27 heavy (non-hydrogen) atoms. The second-order valence-corrected chi connectivity index (χ2v) is 8.12. The lowest BCUT2D eigenvalue weighted by molar-refractivity contribution is -0.118. The van der Waals surface area contributed by atoms with Crippen molar-refractivity contribution in [3.8, 4) is 5.75 Å². The molecule has 1 N–H and O–H groups in total. The summed E-state index contributed by atoms with van der Waals surface area (Å²) < 4.78 is 10.4. The summed E-state index contributed by atoms with van der Waals surface area (Å²) in [4.78, 5) is 25.8. The summed E-state index contributed by atoms with van der Waals surface area (Å²) in [6.07, 6.45) is 4.98. The third kappa shape index (κ3) is 4.75. The summed E-state index contributed by atoms with van der Waals surface area (Å²) in [5.41, 5.74) is 1.47. The Balaban J connectivity index is 1.74. The number of benzene rings is 1. The molecule has 0 radical (unpaired) electrons. The van der Waals surface area contributed by atoms with Crippen LogP contribution in [0.4, 0.5) is 5.00 Å². The highest BCUT2D eigenvalue weighted by molar-refractivity contribution is 7.17. The summed E-state index contributed by atoms with van der Waals surface area (Å²) in [5.74, 6) is -0.430. The maximum absolute atomic E-state index is 12.4. The summed E-state index contributed by atoms with van der Waals surface area (Å²) >= 11 is 13.3. The molecule has 0 bridgehead atoms. The highest BCUT2D eigenvalue weighted by atomic mass is 35.5. The fourth-order valence-corrected chi connectivity index (χ4v) is 4.80. The maximum atomic E-state index is 12.4. The summed E-state index contributed by atoms with van der Waals surface area (Å²) in [7, 11) is 1.35. The number of anilines is 1. The Hall–Kier alpha value is -1.76. The van der Waals surface area contributed by atoms with Crippen LogP contribution in [-0.2, 0) is 22.4 Å². The largest absolute Gasteiger partial charge is 0.482 e. The van der Waals surface area contributed by atoms with Gasteiger partial charge in [-0.25, -0.2) is 4.79 Å². The lowest BCUT2D eigenvalue weighted by Gasteiger charge is -2.09. The molecule has 0 aliphatic heterocycles. The Kier molecular flexibility index (Phi) is 6.63. The first-order chi connectivity index (χ1) is 13.0. The van der Waals surface area contributed by atoms with Crippen LogP contribution in [0.3, 0.4) is 0 Å². The van der Waals surface area contributed by atoms with Gasteiger partial charge in [0.25, 0.3) is 5.91 Å². The smallest absolute Gasteiger partial charge is 0.341 e. The molecule has 1 aliphatic carbocycles. The Morgan fingerprint density at radius 2 is 1.96 bits per heavy atom. The summed E-state index contributed by atoms with van der Waals surface area (Å²) in [6, 6.07) is 4.78. The minimum atomic E-state index is -0.425. The van der Waals surface area contributed by atoms with Gasteiger partial charge >= 0.3 is 5.97 Å². The molecule has 5 nitrogen and oxygen atoms in total. The van der Waals surface area contributed by atoms with Gasteiger partial charge in [-0.3, -0.25) is 4.79 Å². The molecule has 1 heterocycles. The number of aryl methyl sites for hydroxylation is 1. The van der Waals surface area contributed by atoms with Gasteiger partial charge in [0.15, 0.2) is 6.61 Å². The van der Waals surface area contributed by atoms with Crippen molar-refractivity contribution in [3.05, 3.63) is 44.2 Å². The number of carbonyl (C=O) groups is 2. The molecule has 1 amide bonds. The average molecular weight is 428 g/mol. The van der Waals surface area contributed by atoms with E-state index in [1.54, 1.807) is 18.2 Å². The molecule has 0 saturated carbocycles. The van der Waals surface area contributed by atoms with Gasteiger partial charge in [-0.1, -0.05) is 29.6 Å². The lowest BCUT2D eigenvalue weighted by atomic mass is 10.1. The van der Waals surface area contributed by atoms with Crippen molar-refractivity contribution in [1.82, 2.24) is 0 Å². The first kappa shape index (κ1) is 20.0. The number of rotatable bonds is 5. The highest BCUT2D eigenvalue weighted by Gasteiger charge is 2.26. The van der Waals surface area contributed by atoms with Crippen LogP contribution in [0.25, 0.3) is 0 Å². The zero-order valence-electron chi connectivity index (χ0n) is 14.8. The van der Waals surface area contributed by atoms with Gasteiger partial charge < -0.3 is 14.8 Å². The Morgan fingerprint density at radius 1 is 1.19 bits per heavy atom. The Labute approximate surface area is 171 Å². The molecule has 1 aromatic heterocycles. The Morgan fingerprint density at radius 3 is 2.70 bits per heavy atom. The molecule has 144 valence electrons. The van der Waals surface area contributed by atoms with E-state index in [1.807, 2.05) is 0 Å². The van der Waals surface area contributed by atoms with E-state index < -0.39 is 5.97 Å². The first-order valence-corrected chi connectivity index (χ1v) is 10.2. The van der Waals surface area contributed by atoms with E-state index in [2.05, 4.69) is 5.32 Å². The number of thiophene rings is 1. The van der Waals surface area contributed by atoms with Crippen LogP contribution >= 0.6 is 34.5 Å². The predicted molar refractivity (Wildman–Crippen MR) is 108 cm³/mol.